The predicted molar refractivity (Wildman–Crippen MR) is 82.7 cm³/mol. The molecule has 3 N–H and O–H groups in total. The van der Waals surface area contributed by atoms with E-state index in [0.29, 0.717) is 11.1 Å². The van der Waals surface area contributed by atoms with Gasteiger partial charge in [0.15, 0.2) is 17.3 Å². The molecule has 0 spiro atoms. The topological polar surface area (TPSA) is 105 Å². The monoisotopic (exact) mass is 310 g/mol. The summed E-state index contributed by atoms with van der Waals surface area (Å²) in [5.41, 5.74) is 6.60. The SMILES string of the molecule is Cc1ccc(F)c(Oc2ccc3nc[nH]c(=O)c3c2N)c1C#N. The number of nitrogens with zero attached hydrogens (tertiary/aromatic N) is 2. The van der Waals surface area contributed by atoms with Gasteiger partial charge in [-0.15, -0.1) is 0 Å². The molecule has 114 valence electrons. The molecule has 7 heteroatoms. The third-order valence-corrected chi connectivity index (χ3v) is 3.45. The molecule has 0 unspecified atom stereocenters. The fourth-order valence-corrected chi connectivity index (χ4v) is 2.26. The van der Waals surface area contributed by atoms with Gasteiger partial charge < -0.3 is 15.5 Å². The van der Waals surface area contributed by atoms with Crippen LogP contribution < -0.4 is 16.0 Å². The van der Waals surface area contributed by atoms with Crippen LogP contribution in [0, 0.1) is 24.1 Å². The maximum absolute atomic E-state index is 14.0. The minimum absolute atomic E-state index is 0.0293. The first-order chi connectivity index (χ1) is 11.0. The lowest BCUT2D eigenvalue weighted by atomic mass is 10.1. The number of benzene rings is 2. The number of aromatic nitrogens is 2. The van der Waals surface area contributed by atoms with E-state index >= 15 is 0 Å². The van der Waals surface area contributed by atoms with Gasteiger partial charge in [-0.2, -0.15) is 5.26 Å². The van der Waals surface area contributed by atoms with E-state index in [0.717, 1.165) is 0 Å². The van der Waals surface area contributed by atoms with Gasteiger partial charge in [-0.1, -0.05) is 6.07 Å². The van der Waals surface area contributed by atoms with Crippen molar-refractivity contribution in [3.63, 3.8) is 0 Å². The predicted octanol–water partition coefficient (Wildman–Crippen LogP) is 2.62. The number of aromatic amines is 1. The number of ether oxygens (including phenoxy) is 1. The number of nitriles is 1. The second-order valence-electron chi connectivity index (χ2n) is 4.89. The first-order valence-electron chi connectivity index (χ1n) is 6.66. The van der Waals surface area contributed by atoms with Crippen LogP contribution in [0.4, 0.5) is 10.1 Å². The van der Waals surface area contributed by atoms with E-state index in [4.69, 9.17) is 10.5 Å². The standard InChI is InChI=1S/C16H11FN4O2/c1-8-2-3-10(17)15(9(8)6-18)23-12-5-4-11-13(14(12)19)16(22)21-7-20-11/h2-5,7H,19H2,1H3,(H,20,21,22). The zero-order valence-electron chi connectivity index (χ0n) is 12.1. The van der Waals surface area contributed by atoms with Gasteiger partial charge in [-0.05, 0) is 30.7 Å². The van der Waals surface area contributed by atoms with E-state index in [-0.39, 0.29) is 28.1 Å². The second-order valence-corrected chi connectivity index (χ2v) is 4.89. The molecule has 0 aliphatic heterocycles. The van der Waals surface area contributed by atoms with E-state index in [1.54, 1.807) is 6.92 Å². The number of hydrogen-bond acceptors (Lipinski definition) is 5. The summed E-state index contributed by atoms with van der Waals surface area (Å²) in [6, 6.07) is 7.61. The molecule has 3 rings (SSSR count). The summed E-state index contributed by atoms with van der Waals surface area (Å²) in [4.78, 5) is 18.3. The van der Waals surface area contributed by atoms with E-state index in [1.807, 2.05) is 6.07 Å². The molecule has 0 saturated carbocycles. The van der Waals surface area contributed by atoms with Crippen molar-refractivity contribution in [2.45, 2.75) is 6.92 Å². The van der Waals surface area contributed by atoms with E-state index in [2.05, 4.69) is 9.97 Å². The van der Waals surface area contributed by atoms with Crippen LogP contribution >= 0.6 is 0 Å². The summed E-state index contributed by atoms with van der Waals surface area (Å²) in [5, 5.41) is 9.34. The Morgan fingerprint density at radius 3 is 2.87 bits per heavy atom. The lowest BCUT2D eigenvalue weighted by Crippen LogP contribution is -2.09. The molecule has 1 aromatic heterocycles. The number of rotatable bonds is 2. The van der Waals surface area contributed by atoms with Gasteiger partial charge in [-0.3, -0.25) is 4.79 Å². The fraction of sp³-hybridized carbons (Fsp3) is 0.0625. The number of H-pyrrole nitrogens is 1. The number of anilines is 1. The molecule has 0 aliphatic carbocycles. The number of aryl methyl sites for hydroxylation is 1. The van der Waals surface area contributed by atoms with Crippen LogP contribution in [0.2, 0.25) is 0 Å². The van der Waals surface area contributed by atoms with Crippen LogP contribution in [-0.4, -0.2) is 9.97 Å². The molecule has 0 fully saturated rings. The number of nitrogens with one attached hydrogen (secondary N) is 1. The quantitative estimate of drug-likeness (QED) is 0.708. The molecular weight excluding hydrogens is 299 g/mol. The second kappa shape index (κ2) is 5.42. The highest BCUT2D eigenvalue weighted by molar-refractivity contribution is 5.92. The summed E-state index contributed by atoms with van der Waals surface area (Å²) in [6.45, 7) is 1.67. The highest BCUT2D eigenvalue weighted by atomic mass is 19.1. The molecular formula is C16H11FN4O2. The first-order valence-corrected chi connectivity index (χ1v) is 6.66. The average Bonchev–Trinajstić information content (AvgIpc) is 2.53. The Morgan fingerprint density at radius 2 is 2.13 bits per heavy atom. The van der Waals surface area contributed by atoms with Gasteiger partial charge in [0.2, 0.25) is 0 Å². The zero-order chi connectivity index (χ0) is 16.6. The molecule has 23 heavy (non-hydrogen) atoms. The van der Waals surface area contributed by atoms with Crippen molar-refractivity contribution in [2.24, 2.45) is 0 Å². The molecule has 3 aromatic rings. The molecule has 0 radical (unpaired) electrons. The smallest absolute Gasteiger partial charge is 0.260 e. The molecule has 0 atom stereocenters. The minimum atomic E-state index is -0.688. The number of nitrogens with two attached hydrogens (primary N) is 1. The molecule has 1 heterocycles. The maximum atomic E-state index is 14.0. The van der Waals surface area contributed by atoms with Crippen molar-refractivity contribution in [3.05, 3.63) is 57.9 Å². The maximum Gasteiger partial charge on any atom is 0.260 e. The van der Waals surface area contributed by atoms with E-state index in [1.165, 1.54) is 30.6 Å². The number of nitrogen functional groups attached to an aromatic ring is 1. The average molecular weight is 310 g/mol. The molecule has 0 bridgehead atoms. The van der Waals surface area contributed by atoms with Crippen molar-refractivity contribution in [1.29, 1.82) is 5.26 Å². The first kappa shape index (κ1) is 14.5. The third kappa shape index (κ3) is 2.36. The van der Waals surface area contributed by atoms with Crippen LogP contribution in [0.5, 0.6) is 11.5 Å². The molecule has 2 aromatic carbocycles. The Kier molecular flexibility index (Phi) is 3.43. The number of halogens is 1. The molecule has 0 saturated heterocycles. The Hall–Kier alpha value is -3.40. The Morgan fingerprint density at radius 1 is 1.35 bits per heavy atom. The van der Waals surface area contributed by atoms with Crippen LogP contribution in [-0.2, 0) is 0 Å². The van der Waals surface area contributed by atoms with Gasteiger partial charge in [0.05, 0.1) is 22.9 Å². The minimum Gasteiger partial charge on any atom is -0.451 e. The van der Waals surface area contributed by atoms with Crippen LogP contribution in [0.25, 0.3) is 10.9 Å². The van der Waals surface area contributed by atoms with Gasteiger partial charge in [-0.25, -0.2) is 9.37 Å². The summed E-state index contributed by atoms with van der Waals surface area (Å²) in [5.74, 6) is -0.831. The van der Waals surface area contributed by atoms with Crippen molar-refractivity contribution >= 4 is 16.6 Å². The van der Waals surface area contributed by atoms with Crippen LogP contribution in [0.1, 0.15) is 11.1 Å². The number of hydrogen-bond donors (Lipinski definition) is 2. The molecule has 6 nitrogen and oxygen atoms in total. The van der Waals surface area contributed by atoms with Crippen molar-refractivity contribution in [1.82, 2.24) is 9.97 Å². The van der Waals surface area contributed by atoms with Gasteiger partial charge in [0.1, 0.15) is 11.6 Å². The fourth-order valence-electron chi connectivity index (χ4n) is 2.26. The van der Waals surface area contributed by atoms with E-state index < -0.39 is 11.4 Å². The van der Waals surface area contributed by atoms with Crippen LogP contribution in [0.15, 0.2) is 35.4 Å². The van der Waals surface area contributed by atoms with Crippen molar-refractivity contribution in [3.8, 4) is 17.6 Å². The summed E-state index contributed by atoms with van der Waals surface area (Å²) in [7, 11) is 0. The van der Waals surface area contributed by atoms with Crippen LogP contribution in [0.3, 0.4) is 0 Å². The summed E-state index contributed by atoms with van der Waals surface area (Å²) < 4.78 is 19.5. The largest absolute Gasteiger partial charge is 0.451 e. The Balaban J connectivity index is 2.20. The van der Waals surface area contributed by atoms with Gasteiger partial charge in [0, 0.05) is 0 Å². The van der Waals surface area contributed by atoms with E-state index in [9.17, 15) is 14.4 Å². The number of fused-ring (bicyclic) bond motifs is 1. The lowest BCUT2D eigenvalue weighted by molar-refractivity contribution is 0.442. The van der Waals surface area contributed by atoms with Gasteiger partial charge in [0.25, 0.3) is 5.56 Å². The van der Waals surface area contributed by atoms with Crippen molar-refractivity contribution in [2.75, 3.05) is 5.73 Å². The Labute approximate surface area is 130 Å². The summed E-state index contributed by atoms with van der Waals surface area (Å²) >= 11 is 0. The normalized spacial score (nSPS) is 10.5. The molecule has 0 amide bonds. The zero-order valence-corrected chi connectivity index (χ0v) is 12.1. The highest BCUT2D eigenvalue weighted by Gasteiger charge is 2.17. The lowest BCUT2D eigenvalue weighted by Gasteiger charge is -2.12. The summed E-state index contributed by atoms with van der Waals surface area (Å²) in [6.07, 6.45) is 1.26. The molecule has 0 aliphatic rings. The highest BCUT2D eigenvalue weighted by Crippen LogP contribution is 2.35. The van der Waals surface area contributed by atoms with Crippen molar-refractivity contribution < 1.29 is 9.13 Å². The third-order valence-electron chi connectivity index (χ3n) is 3.45. The van der Waals surface area contributed by atoms with Gasteiger partial charge >= 0.3 is 0 Å². The Bertz CT molecular complexity index is 1020.